The second-order valence-corrected chi connectivity index (χ2v) is 7.02. The van der Waals surface area contributed by atoms with E-state index >= 15 is 0 Å². The van der Waals surface area contributed by atoms with E-state index in [1.807, 2.05) is 0 Å². The van der Waals surface area contributed by atoms with Crippen molar-refractivity contribution >= 4 is 17.3 Å². The van der Waals surface area contributed by atoms with Gasteiger partial charge in [0.25, 0.3) is 0 Å². The smallest absolute Gasteiger partial charge is 0.202 e. The molecule has 6 nitrogen and oxygen atoms in total. The summed E-state index contributed by atoms with van der Waals surface area (Å²) in [6, 6.07) is 5.34. The van der Waals surface area contributed by atoms with Gasteiger partial charge in [-0.25, -0.2) is 0 Å². The normalized spacial score (nSPS) is 16.8. The number of carbonyl (C=O) groups excluding carboxylic acids is 3. The van der Waals surface area contributed by atoms with E-state index in [-0.39, 0.29) is 45.8 Å². The highest BCUT2D eigenvalue weighted by atomic mass is 16.3. The summed E-state index contributed by atoms with van der Waals surface area (Å²) < 4.78 is 0. The Morgan fingerprint density at radius 3 is 2.31 bits per heavy atom. The van der Waals surface area contributed by atoms with Gasteiger partial charge in [0.05, 0.1) is 16.7 Å². The van der Waals surface area contributed by atoms with Crippen LogP contribution in [-0.4, -0.2) is 32.7 Å². The SMILES string of the molecule is CC(=O)C1(Cc2cc(O)c3c(c2O)C(=O)c2c(O)cccc2C3=O)CC1. The Bertz CT molecular complexity index is 1010. The number of ketones is 3. The fourth-order valence-corrected chi connectivity index (χ4v) is 3.69. The zero-order valence-corrected chi connectivity index (χ0v) is 14.0. The molecule has 2 aromatic carbocycles. The van der Waals surface area contributed by atoms with E-state index in [1.165, 1.54) is 31.2 Å². The van der Waals surface area contributed by atoms with Gasteiger partial charge in [0, 0.05) is 11.0 Å². The molecule has 1 saturated carbocycles. The van der Waals surface area contributed by atoms with Crippen LogP contribution in [0.5, 0.6) is 17.2 Å². The molecule has 0 aliphatic heterocycles. The van der Waals surface area contributed by atoms with Gasteiger partial charge in [-0.15, -0.1) is 0 Å². The summed E-state index contributed by atoms with van der Waals surface area (Å²) in [5, 5.41) is 31.0. The topological polar surface area (TPSA) is 112 Å². The summed E-state index contributed by atoms with van der Waals surface area (Å²) in [5.41, 5.74) is -1.15. The van der Waals surface area contributed by atoms with Crippen molar-refractivity contribution in [2.24, 2.45) is 5.41 Å². The lowest BCUT2D eigenvalue weighted by atomic mass is 9.80. The van der Waals surface area contributed by atoms with Crippen LogP contribution in [0.3, 0.4) is 0 Å². The van der Waals surface area contributed by atoms with Gasteiger partial charge in [-0.2, -0.15) is 0 Å². The van der Waals surface area contributed by atoms with Crippen LogP contribution in [0.2, 0.25) is 0 Å². The van der Waals surface area contributed by atoms with E-state index in [1.54, 1.807) is 0 Å². The second kappa shape index (κ2) is 5.17. The van der Waals surface area contributed by atoms with Gasteiger partial charge in [0.2, 0.25) is 5.78 Å². The summed E-state index contributed by atoms with van der Waals surface area (Å²) in [6.45, 7) is 1.48. The van der Waals surface area contributed by atoms with Crippen LogP contribution in [0.1, 0.15) is 57.2 Å². The minimum Gasteiger partial charge on any atom is -0.507 e. The molecule has 2 aliphatic carbocycles. The van der Waals surface area contributed by atoms with Gasteiger partial charge >= 0.3 is 0 Å². The lowest BCUT2D eigenvalue weighted by Crippen LogP contribution is -2.22. The zero-order chi connectivity index (χ0) is 18.8. The molecule has 0 radical (unpaired) electrons. The van der Waals surface area contributed by atoms with Crippen molar-refractivity contribution in [3.63, 3.8) is 0 Å². The Morgan fingerprint density at radius 2 is 1.69 bits per heavy atom. The molecule has 0 heterocycles. The molecule has 26 heavy (non-hydrogen) atoms. The molecule has 4 rings (SSSR count). The Morgan fingerprint density at radius 1 is 1.00 bits per heavy atom. The average molecular weight is 352 g/mol. The standard InChI is InChI=1S/C20H16O6/c1-9(21)20(5-6-20)8-10-7-13(23)15-16(17(10)24)19(26)14-11(18(15)25)3-2-4-12(14)22/h2-4,7,22-24H,5-6,8H2,1H3. The van der Waals surface area contributed by atoms with E-state index in [0.717, 1.165) is 0 Å². The molecule has 3 N–H and O–H groups in total. The van der Waals surface area contributed by atoms with E-state index in [0.29, 0.717) is 12.8 Å². The third-order valence-corrected chi connectivity index (χ3v) is 5.46. The van der Waals surface area contributed by atoms with Crippen molar-refractivity contribution < 1.29 is 29.7 Å². The lowest BCUT2D eigenvalue weighted by Gasteiger charge is -2.22. The van der Waals surface area contributed by atoms with Crippen LogP contribution in [0.15, 0.2) is 24.3 Å². The molecular weight excluding hydrogens is 336 g/mol. The van der Waals surface area contributed by atoms with Crippen LogP contribution in [0.25, 0.3) is 0 Å². The maximum absolute atomic E-state index is 12.9. The van der Waals surface area contributed by atoms with Crippen LogP contribution in [0.4, 0.5) is 0 Å². The number of phenolic OH excluding ortho intramolecular Hbond substituents is 3. The molecule has 2 aromatic rings. The van der Waals surface area contributed by atoms with Crippen LogP contribution in [-0.2, 0) is 11.2 Å². The number of phenols is 3. The van der Waals surface area contributed by atoms with Crippen molar-refractivity contribution in [2.45, 2.75) is 26.2 Å². The fraction of sp³-hybridized carbons (Fsp3) is 0.250. The first-order chi connectivity index (χ1) is 12.3. The quantitative estimate of drug-likeness (QED) is 0.625. The van der Waals surface area contributed by atoms with Crippen LogP contribution < -0.4 is 0 Å². The zero-order valence-electron chi connectivity index (χ0n) is 14.0. The summed E-state index contributed by atoms with van der Waals surface area (Å²) in [6.07, 6.45) is 1.54. The summed E-state index contributed by atoms with van der Waals surface area (Å²) in [4.78, 5) is 37.4. The number of benzene rings is 2. The Hall–Kier alpha value is -3.15. The third kappa shape index (κ3) is 2.08. The molecule has 0 unspecified atom stereocenters. The van der Waals surface area contributed by atoms with Gasteiger partial charge < -0.3 is 15.3 Å². The van der Waals surface area contributed by atoms with Crippen molar-refractivity contribution in [3.05, 3.63) is 52.1 Å². The Balaban J connectivity index is 1.91. The van der Waals surface area contributed by atoms with E-state index in [2.05, 4.69) is 0 Å². The summed E-state index contributed by atoms with van der Waals surface area (Å²) in [7, 11) is 0. The van der Waals surface area contributed by atoms with Crippen molar-refractivity contribution in [1.82, 2.24) is 0 Å². The predicted molar refractivity (Wildman–Crippen MR) is 90.8 cm³/mol. The maximum atomic E-state index is 12.9. The first-order valence-corrected chi connectivity index (χ1v) is 8.27. The second-order valence-electron chi connectivity index (χ2n) is 7.02. The van der Waals surface area contributed by atoms with Crippen LogP contribution in [0, 0.1) is 5.41 Å². The highest BCUT2D eigenvalue weighted by molar-refractivity contribution is 6.31. The van der Waals surface area contributed by atoms with Crippen LogP contribution >= 0.6 is 0 Å². The first-order valence-electron chi connectivity index (χ1n) is 8.27. The van der Waals surface area contributed by atoms with Crippen molar-refractivity contribution in [3.8, 4) is 17.2 Å². The highest BCUT2D eigenvalue weighted by Crippen LogP contribution is 2.52. The number of aromatic hydroxyl groups is 3. The average Bonchev–Trinajstić information content (AvgIpc) is 3.36. The molecule has 0 aromatic heterocycles. The number of hydrogen-bond acceptors (Lipinski definition) is 6. The number of hydrogen-bond donors (Lipinski definition) is 3. The Labute approximate surface area is 148 Å². The lowest BCUT2D eigenvalue weighted by molar-refractivity contribution is -0.121. The summed E-state index contributed by atoms with van der Waals surface area (Å²) >= 11 is 0. The maximum Gasteiger partial charge on any atom is 0.202 e. The van der Waals surface area contributed by atoms with Gasteiger partial charge in [0.1, 0.15) is 23.0 Å². The third-order valence-electron chi connectivity index (χ3n) is 5.46. The number of rotatable bonds is 3. The molecule has 0 saturated heterocycles. The molecule has 0 amide bonds. The van der Waals surface area contributed by atoms with Gasteiger partial charge in [-0.05, 0) is 43.9 Å². The molecule has 0 spiro atoms. The highest BCUT2D eigenvalue weighted by Gasteiger charge is 2.48. The minimum absolute atomic E-state index is 0.0143. The van der Waals surface area contributed by atoms with E-state index in [9.17, 15) is 29.7 Å². The molecule has 1 fully saturated rings. The van der Waals surface area contributed by atoms with E-state index < -0.39 is 28.5 Å². The molecule has 0 bridgehead atoms. The minimum atomic E-state index is -0.727. The largest absolute Gasteiger partial charge is 0.507 e. The monoisotopic (exact) mass is 352 g/mol. The molecular formula is C20H16O6. The van der Waals surface area contributed by atoms with Gasteiger partial charge in [-0.3, -0.25) is 14.4 Å². The van der Waals surface area contributed by atoms with Crippen molar-refractivity contribution in [2.75, 3.05) is 0 Å². The number of fused-ring (bicyclic) bond motifs is 2. The molecule has 132 valence electrons. The number of Topliss-reactive ketones (excluding diaryl/α,β-unsaturated/α-hetero) is 1. The van der Waals surface area contributed by atoms with Gasteiger partial charge in [0.15, 0.2) is 5.78 Å². The Kier molecular flexibility index (Phi) is 3.25. The predicted octanol–water partition coefficient (Wildman–Crippen LogP) is 2.49. The van der Waals surface area contributed by atoms with Crippen molar-refractivity contribution in [1.29, 1.82) is 0 Å². The van der Waals surface area contributed by atoms with Gasteiger partial charge in [-0.1, -0.05) is 12.1 Å². The summed E-state index contributed by atoms with van der Waals surface area (Å²) in [5.74, 6) is -2.58. The molecule has 0 atom stereocenters. The molecule has 2 aliphatic rings. The fourth-order valence-electron chi connectivity index (χ4n) is 3.69. The van der Waals surface area contributed by atoms with E-state index in [4.69, 9.17) is 0 Å². The molecule has 6 heteroatoms. The first kappa shape index (κ1) is 16.3. The number of carbonyl (C=O) groups is 3.